The highest BCUT2D eigenvalue weighted by atomic mass is 16.3. The fourth-order valence-electron chi connectivity index (χ4n) is 2.19. The van der Waals surface area contributed by atoms with E-state index in [0.29, 0.717) is 11.3 Å². The number of nitrogen functional groups attached to an aromatic ring is 1. The topological polar surface area (TPSA) is 95.6 Å². The van der Waals surface area contributed by atoms with Crippen LogP contribution in [0, 0.1) is 0 Å². The molecular weight excluding hydrogens is 280 g/mol. The predicted molar refractivity (Wildman–Crippen MR) is 85.0 cm³/mol. The molecule has 2 unspecified atom stereocenters. The number of hydrogen-bond donors (Lipinski definition) is 4. The molecule has 0 bridgehead atoms. The van der Waals surface area contributed by atoms with E-state index in [1.807, 2.05) is 30.3 Å². The SMILES string of the molecule is Nc1ccc(C(O)C(CO)NC(=O)Cc2ccccc2)cc1. The minimum atomic E-state index is -0.995. The molecule has 0 heterocycles. The molecule has 2 aromatic carbocycles. The lowest BCUT2D eigenvalue weighted by molar-refractivity contribution is -0.122. The molecule has 0 aliphatic rings. The molecule has 5 N–H and O–H groups in total. The number of aliphatic hydroxyl groups is 2. The largest absolute Gasteiger partial charge is 0.399 e. The second-order valence-electron chi connectivity index (χ2n) is 5.13. The van der Waals surface area contributed by atoms with E-state index in [9.17, 15) is 15.0 Å². The maximum atomic E-state index is 12.0. The van der Waals surface area contributed by atoms with Crippen LogP contribution in [0.1, 0.15) is 17.2 Å². The Balaban J connectivity index is 1.99. The van der Waals surface area contributed by atoms with E-state index in [2.05, 4.69) is 5.32 Å². The van der Waals surface area contributed by atoms with E-state index in [4.69, 9.17) is 5.73 Å². The molecular formula is C17H20N2O3. The molecule has 2 rings (SSSR count). The monoisotopic (exact) mass is 300 g/mol. The van der Waals surface area contributed by atoms with Crippen molar-refractivity contribution in [1.29, 1.82) is 0 Å². The third kappa shape index (κ3) is 4.31. The number of nitrogens with one attached hydrogen (secondary N) is 1. The van der Waals surface area contributed by atoms with Crippen LogP contribution in [-0.2, 0) is 11.2 Å². The first-order valence-corrected chi connectivity index (χ1v) is 7.08. The fraction of sp³-hybridized carbons (Fsp3) is 0.235. The number of carbonyl (C=O) groups is 1. The quantitative estimate of drug-likeness (QED) is 0.599. The molecule has 0 saturated carbocycles. The summed E-state index contributed by atoms with van der Waals surface area (Å²) in [6.07, 6.45) is -0.795. The summed E-state index contributed by atoms with van der Waals surface area (Å²) in [5.41, 5.74) is 7.65. The van der Waals surface area contributed by atoms with Crippen LogP contribution in [0.5, 0.6) is 0 Å². The zero-order valence-electron chi connectivity index (χ0n) is 12.1. The molecule has 0 fully saturated rings. The van der Waals surface area contributed by atoms with Crippen molar-refractivity contribution in [1.82, 2.24) is 5.32 Å². The molecule has 0 radical (unpaired) electrons. The summed E-state index contributed by atoms with van der Waals surface area (Å²) in [6, 6.07) is 15.2. The van der Waals surface area contributed by atoms with E-state index in [0.717, 1.165) is 5.56 Å². The van der Waals surface area contributed by atoms with Gasteiger partial charge in [-0.2, -0.15) is 0 Å². The van der Waals surface area contributed by atoms with Gasteiger partial charge in [0.1, 0.15) is 6.10 Å². The average molecular weight is 300 g/mol. The van der Waals surface area contributed by atoms with Crippen molar-refractivity contribution < 1.29 is 15.0 Å². The molecule has 0 aliphatic carbocycles. The smallest absolute Gasteiger partial charge is 0.224 e. The maximum absolute atomic E-state index is 12.0. The molecule has 22 heavy (non-hydrogen) atoms. The number of carbonyl (C=O) groups excluding carboxylic acids is 1. The molecule has 2 aromatic rings. The third-order valence-corrected chi connectivity index (χ3v) is 3.41. The fourth-order valence-corrected chi connectivity index (χ4v) is 2.19. The van der Waals surface area contributed by atoms with Crippen molar-refractivity contribution in [3.05, 3.63) is 65.7 Å². The van der Waals surface area contributed by atoms with Gasteiger partial charge in [0.05, 0.1) is 19.1 Å². The summed E-state index contributed by atoms with van der Waals surface area (Å²) in [5.74, 6) is -0.250. The van der Waals surface area contributed by atoms with Gasteiger partial charge in [0.15, 0.2) is 0 Å². The number of amides is 1. The molecule has 5 nitrogen and oxygen atoms in total. The molecule has 0 aliphatic heterocycles. The van der Waals surface area contributed by atoms with E-state index in [-0.39, 0.29) is 18.9 Å². The van der Waals surface area contributed by atoms with E-state index in [1.165, 1.54) is 0 Å². The highest BCUT2D eigenvalue weighted by molar-refractivity contribution is 5.78. The van der Waals surface area contributed by atoms with Crippen LogP contribution in [-0.4, -0.2) is 28.8 Å². The van der Waals surface area contributed by atoms with Crippen LogP contribution in [0.3, 0.4) is 0 Å². The average Bonchev–Trinajstić information content (AvgIpc) is 2.53. The van der Waals surface area contributed by atoms with Gasteiger partial charge in [-0.05, 0) is 23.3 Å². The van der Waals surface area contributed by atoms with Gasteiger partial charge in [-0.1, -0.05) is 42.5 Å². The van der Waals surface area contributed by atoms with Gasteiger partial charge < -0.3 is 21.3 Å². The highest BCUT2D eigenvalue weighted by Crippen LogP contribution is 2.18. The zero-order chi connectivity index (χ0) is 15.9. The van der Waals surface area contributed by atoms with Crippen molar-refractivity contribution >= 4 is 11.6 Å². The molecule has 2 atom stereocenters. The van der Waals surface area contributed by atoms with Gasteiger partial charge in [0.25, 0.3) is 0 Å². The third-order valence-electron chi connectivity index (χ3n) is 3.41. The first kappa shape index (κ1) is 16.0. The first-order valence-electron chi connectivity index (χ1n) is 7.08. The van der Waals surface area contributed by atoms with Crippen LogP contribution >= 0.6 is 0 Å². The lowest BCUT2D eigenvalue weighted by Gasteiger charge is -2.22. The van der Waals surface area contributed by atoms with E-state index in [1.54, 1.807) is 24.3 Å². The van der Waals surface area contributed by atoms with Crippen LogP contribution in [0.25, 0.3) is 0 Å². The van der Waals surface area contributed by atoms with Crippen molar-refractivity contribution in [2.75, 3.05) is 12.3 Å². The van der Waals surface area contributed by atoms with Crippen LogP contribution < -0.4 is 11.1 Å². The van der Waals surface area contributed by atoms with E-state index < -0.39 is 12.1 Å². The number of anilines is 1. The summed E-state index contributed by atoms with van der Waals surface area (Å²) in [7, 11) is 0. The summed E-state index contributed by atoms with van der Waals surface area (Å²) < 4.78 is 0. The first-order chi connectivity index (χ1) is 10.6. The normalized spacial score (nSPS) is 13.4. The van der Waals surface area contributed by atoms with Gasteiger partial charge in [0.2, 0.25) is 5.91 Å². The maximum Gasteiger partial charge on any atom is 0.224 e. The Kier molecular flexibility index (Phi) is 5.52. The lowest BCUT2D eigenvalue weighted by atomic mass is 10.0. The molecule has 116 valence electrons. The Hall–Kier alpha value is -2.37. The number of nitrogens with two attached hydrogens (primary N) is 1. The van der Waals surface area contributed by atoms with Crippen molar-refractivity contribution in [3.8, 4) is 0 Å². The highest BCUT2D eigenvalue weighted by Gasteiger charge is 2.22. The van der Waals surface area contributed by atoms with Crippen LogP contribution in [0.2, 0.25) is 0 Å². The molecule has 0 aromatic heterocycles. The number of rotatable bonds is 6. The molecule has 5 heteroatoms. The summed E-state index contributed by atoms with van der Waals surface area (Å²) in [5, 5.41) is 22.4. The van der Waals surface area contributed by atoms with Crippen LogP contribution in [0.4, 0.5) is 5.69 Å². The molecule has 0 saturated heterocycles. The van der Waals surface area contributed by atoms with Crippen molar-refractivity contribution in [2.24, 2.45) is 0 Å². The Labute approximate surface area is 129 Å². The predicted octanol–water partition coefficient (Wildman–Crippen LogP) is 1.02. The molecule has 0 spiro atoms. The van der Waals surface area contributed by atoms with Gasteiger partial charge in [-0.3, -0.25) is 4.79 Å². The minimum absolute atomic E-state index is 0.200. The standard InChI is InChI=1S/C17H20N2O3/c18-14-8-6-13(7-9-14)17(22)15(11-20)19-16(21)10-12-4-2-1-3-5-12/h1-9,15,17,20,22H,10-11,18H2,(H,19,21). The zero-order valence-corrected chi connectivity index (χ0v) is 12.1. The van der Waals surface area contributed by atoms with E-state index >= 15 is 0 Å². The summed E-state index contributed by atoms with van der Waals surface area (Å²) >= 11 is 0. The molecule has 1 amide bonds. The Morgan fingerprint density at radius 3 is 2.32 bits per heavy atom. The van der Waals surface area contributed by atoms with Gasteiger partial charge in [0, 0.05) is 5.69 Å². The Morgan fingerprint density at radius 1 is 1.09 bits per heavy atom. The van der Waals surface area contributed by atoms with Gasteiger partial charge in [-0.25, -0.2) is 0 Å². The summed E-state index contributed by atoms with van der Waals surface area (Å²) in [6.45, 7) is -0.355. The van der Waals surface area contributed by atoms with Gasteiger partial charge in [-0.15, -0.1) is 0 Å². The van der Waals surface area contributed by atoms with Crippen LogP contribution in [0.15, 0.2) is 54.6 Å². The second-order valence-corrected chi connectivity index (χ2v) is 5.13. The lowest BCUT2D eigenvalue weighted by Crippen LogP contribution is -2.42. The number of benzene rings is 2. The second kappa shape index (κ2) is 7.59. The van der Waals surface area contributed by atoms with Gasteiger partial charge >= 0.3 is 0 Å². The Morgan fingerprint density at radius 2 is 1.73 bits per heavy atom. The van der Waals surface area contributed by atoms with Crippen molar-refractivity contribution in [2.45, 2.75) is 18.6 Å². The van der Waals surface area contributed by atoms with Crippen molar-refractivity contribution in [3.63, 3.8) is 0 Å². The minimum Gasteiger partial charge on any atom is -0.399 e. The number of hydrogen-bond acceptors (Lipinski definition) is 4. The summed E-state index contributed by atoms with van der Waals surface area (Å²) in [4.78, 5) is 12.0. The number of aliphatic hydroxyl groups excluding tert-OH is 2. The Bertz CT molecular complexity index is 599.